The van der Waals surface area contributed by atoms with Crippen molar-refractivity contribution in [2.45, 2.75) is 52.7 Å². The van der Waals surface area contributed by atoms with Crippen molar-refractivity contribution in [3.63, 3.8) is 0 Å². The van der Waals surface area contributed by atoms with Gasteiger partial charge in [0.25, 0.3) is 0 Å². The molecule has 0 radical (unpaired) electrons. The Kier molecular flexibility index (Phi) is 7.03. The van der Waals surface area contributed by atoms with Crippen LogP contribution in [0.2, 0.25) is 0 Å². The highest BCUT2D eigenvalue weighted by atomic mass is 19.1. The third-order valence-electron chi connectivity index (χ3n) is 5.78. The third kappa shape index (κ3) is 4.84. The van der Waals surface area contributed by atoms with Crippen LogP contribution in [-0.4, -0.2) is 24.9 Å². The van der Waals surface area contributed by atoms with E-state index in [-0.39, 0.29) is 30.9 Å². The fourth-order valence-electron chi connectivity index (χ4n) is 4.13. The van der Waals surface area contributed by atoms with Crippen molar-refractivity contribution < 1.29 is 14.2 Å². The Labute approximate surface area is 199 Å². The molecule has 0 aliphatic rings. The first kappa shape index (κ1) is 23.6. The summed E-state index contributed by atoms with van der Waals surface area (Å²) in [4.78, 5) is 4.98. The molecule has 0 spiro atoms. The fourth-order valence-corrected chi connectivity index (χ4v) is 4.13. The van der Waals surface area contributed by atoms with Gasteiger partial charge >= 0.3 is 0 Å². The molecule has 2 aromatic heterocycles. The van der Waals surface area contributed by atoms with Crippen LogP contribution >= 0.6 is 0 Å². The molecule has 4 rings (SSSR count). The molecule has 0 amide bonds. The van der Waals surface area contributed by atoms with E-state index in [0.717, 1.165) is 39.3 Å². The van der Waals surface area contributed by atoms with E-state index in [0.29, 0.717) is 5.75 Å². The summed E-state index contributed by atoms with van der Waals surface area (Å²) in [5.74, 6) is 0.663. The lowest BCUT2D eigenvalue weighted by Crippen LogP contribution is -2.14. The number of nitrogens with zero attached hydrogens (tertiary/aromatic N) is 4. The Morgan fingerprint density at radius 2 is 1.44 bits per heavy atom. The van der Waals surface area contributed by atoms with Crippen LogP contribution in [-0.2, 0) is 13.2 Å². The van der Waals surface area contributed by atoms with Crippen molar-refractivity contribution in [2.75, 3.05) is 0 Å². The van der Waals surface area contributed by atoms with Crippen molar-refractivity contribution in [1.29, 1.82) is 0 Å². The van der Waals surface area contributed by atoms with E-state index in [9.17, 15) is 9.50 Å². The summed E-state index contributed by atoms with van der Waals surface area (Å²) >= 11 is 0. The van der Waals surface area contributed by atoms with Gasteiger partial charge in [-0.15, -0.1) is 10.2 Å². The first-order valence-electron chi connectivity index (χ1n) is 11.4. The van der Waals surface area contributed by atoms with Crippen LogP contribution in [0.3, 0.4) is 0 Å². The normalized spacial score (nSPS) is 11.4. The van der Waals surface area contributed by atoms with Gasteiger partial charge in [-0.1, -0.05) is 39.8 Å². The van der Waals surface area contributed by atoms with E-state index in [2.05, 4.69) is 37.9 Å². The second-order valence-electron chi connectivity index (χ2n) is 8.84. The number of aliphatic hydroxyl groups is 1. The standard InChI is InChI=1S/C27H29FN4O2/c1-17(2)26-23(13-33)25(19-5-7-20(28)8-6-19)24(27(31-26)18(3)4)14-34-22-11-9-21(10-12-22)32-15-29-30-16-32/h5-12,15-18,33H,13-14H2,1-4H3. The zero-order valence-corrected chi connectivity index (χ0v) is 19.9. The molecule has 0 saturated carbocycles. The molecule has 2 aromatic carbocycles. The number of hydrogen-bond acceptors (Lipinski definition) is 5. The van der Waals surface area contributed by atoms with Gasteiger partial charge in [-0.05, 0) is 59.4 Å². The first-order chi connectivity index (χ1) is 16.4. The average molecular weight is 461 g/mol. The highest BCUT2D eigenvalue weighted by Crippen LogP contribution is 2.37. The molecule has 0 saturated heterocycles. The van der Waals surface area contributed by atoms with Crippen LogP contribution in [0.5, 0.6) is 5.75 Å². The summed E-state index contributed by atoms with van der Waals surface area (Å²) < 4.78 is 21.7. The number of halogens is 1. The molecular weight excluding hydrogens is 431 g/mol. The van der Waals surface area contributed by atoms with Crippen molar-refractivity contribution in [3.05, 3.63) is 89.5 Å². The van der Waals surface area contributed by atoms with Gasteiger partial charge in [0.1, 0.15) is 30.8 Å². The zero-order chi connectivity index (χ0) is 24.2. The minimum absolute atomic E-state index is 0.124. The largest absolute Gasteiger partial charge is 0.489 e. The molecule has 4 aromatic rings. The Bertz CT molecular complexity index is 1240. The average Bonchev–Trinajstić information content (AvgIpc) is 3.37. The Balaban J connectivity index is 1.77. The van der Waals surface area contributed by atoms with Gasteiger partial charge in [-0.2, -0.15) is 0 Å². The number of hydrogen-bond donors (Lipinski definition) is 1. The van der Waals surface area contributed by atoms with Gasteiger partial charge in [0.2, 0.25) is 0 Å². The molecule has 0 aliphatic heterocycles. The summed E-state index contributed by atoms with van der Waals surface area (Å²) in [7, 11) is 0. The first-order valence-corrected chi connectivity index (χ1v) is 11.4. The molecule has 0 bridgehead atoms. The lowest BCUT2D eigenvalue weighted by Gasteiger charge is -2.24. The fraction of sp³-hybridized carbons (Fsp3) is 0.296. The maximum absolute atomic E-state index is 13.7. The van der Waals surface area contributed by atoms with Crippen LogP contribution in [0.15, 0.2) is 61.2 Å². The number of ether oxygens (including phenoxy) is 1. The van der Waals surface area contributed by atoms with E-state index in [4.69, 9.17) is 9.72 Å². The van der Waals surface area contributed by atoms with Gasteiger partial charge < -0.3 is 9.84 Å². The molecule has 6 nitrogen and oxygen atoms in total. The molecule has 0 aliphatic carbocycles. The van der Waals surface area contributed by atoms with Gasteiger partial charge in [0.05, 0.1) is 12.3 Å². The van der Waals surface area contributed by atoms with Crippen LogP contribution in [0, 0.1) is 5.82 Å². The minimum Gasteiger partial charge on any atom is -0.489 e. The van der Waals surface area contributed by atoms with E-state index in [1.807, 2.05) is 28.8 Å². The number of pyridine rings is 1. The SMILES string of the molecule is CC(C)c1nc(C(C)C)c(COc2ccc(-n3cnnc3)cc2)c(-c2ccc(F)cc2)c1CO. The van der Waals surface area contributed by atoms with E-state index in [1.165, 1.54) is 12.1 Å². The zero-order valence-electron chi connectivity index (χ0n) is 19.9. The number of aromatic nitrogens is 4. The molecule has 176 valence electrons. The molecule has 1 N–H and O–H groups in total. The topological polar surface area (TPSA) is 73.1 Å². The molecular formula is C27H29FN4O2. The highest BCUT2D eigenvalue weighted by Gasteiger charge is 2.24. The van der Waals surface area contributed by atoms with E-state index in [1.54, 1.807) is 24.8 Å². The molecule has 2 heterocycles. The van der Waals surface area contributed by atoms with E-state index < -0.39 is 0 Å². The summed E-state index contributed by atoms with van der Waals surface area (Å²) in [6.07, 6.45) is 3.27. The van der Waals surface area contributed by atoms with Gasteiger partial charge in [-0.25, -0.2) is 4.39 Å². The predicted octanol–water partition coefficient (Wildman–Crippen LogP) is 5.79. The number of benzene rings is 2. The summed E-state index contributed by atoms with van der Waals surface area (Å²) in [5, 5.41) is 18.0. The van der Waals surface area contributed by atoms with Gasteiger partial charge in [-0.3, -0.25) is 9.55 Å². The Morgan fingerprint density at radius 1 is 0.853 bits per heavy atom. The predicted molar refractivity (Wildman–Crippen MR) is 129 cm³/mol. The molecule has 0 unspecified atom stereocenters. The van der Waals surface area contributed by atoms with Crippen molar-refractivity contribution in [3.8, 4) is 22.6 Å². The maximum Gasteiger partial charge on any atom is 0.123 e. The smallest absolute Gasteiger partial charge is 0.123 e. The molecule has 0 atom stereocenters. The lowest BCUT2D eigenvalue weighted by atomic mass is 9.87. The Morgan fingerprint density at radius 3 is 2.00 bits per heavy atom. The third-order valence-corrected chi connectivity index (χ3v) is 5.78. The second-order valence-corrected chi connectivity index (χ2v) is 8.84. The lowest BCUT2D eigenvalue weighted by molar-refractivity contribution is 0.278. The summed E-state index contributed by atoms with van der Waals surface area (Å²) in [6.45, 7) is 8.42. The number of rotatable bonds is 8. The van der Waals surface area contributed by atoms with Crippen LogP contribution in [0.1, 0.15) is 62.0 Å². The van der Waals surface area contributed by atoms with Crippen molar-refractivity contribution in [1.82, 2.24) is 19.7 Å². The summed E-state index contributed by atoms with van der Waals surface area (Å²) in [6, 6.07) is 14.0. The minimum atomic E-state index is -0.303. The van der Waals surface area contributed by atoms with Crippen LogP contribution in [0.25, 0.3) is 16.8 Å². The van der Waals surface area contributed by atoms with Gasteiger partial charge in [0.15, 0.2) is 0 Å². The monoisotopic (exact) mass is 460 g/mol. The van der Waals surface area contributed by atoms with Crippen LogP contribution in [0.4, 0.5) is 4.39 Å². The van der Waals surface area contributed by atoms with E-state index >= 15 is 0 Å². The molecule has 0 fully saturated rings. The van der Waals surface area contributed by atoms with Crippen LogP contribution < -0.4 is 4.74 Å². The second kappa shape index (κ2) is 10.1. The van der Waals surface area contributed by atoms with Crippen molar-refractivity contribution in [2.24, 2.45) is 0 Å². The maximum atomic E-state index is 13.7. The van der Waals surface area contributed by atoms with Crippen molar-refractivity contribution >= 4 is 0 Å². The quantitative estimate of drug-likeness (QED) is 0.360. The molecule has 7 heteroatoms. The summed E-state index contributed by atoms with van der Waals surface area (Å²) in [5.41, 5.74) is 6.06. The highest BCUT2D eigenvalue weighted by molar-refractivity contribution is 5.73. The molecule has 34 heavy (non-hydrogen) atoms. The van der Waals surface area contributed by atoms with Gasteiger partial charge in [0, 0.05) is 22.5 Å². The Hall–Kier alpha value is -3.58. The number of aliphatic hydroxyl groups excluding tert-OH is 1.